The standard InChI is InChI=1S/C29H32N4O10.ClH/c1-17-25(28(36)37)26(27(29(38)41-2)23(14-30)32-17)22-12-18(33(39)40)8-9-24(22)42-11-4-3-10-31-15-20(35)16-43-21-7-5-6-19(34)13-21;/h5-9,12-13,20,26,31-32,34-35H,3-4,10-11,15-16H2,1-2H3,(H,36,37);1H. The number of esters is 1. The molecule has 0 amide bonds. The van der Waals surface area contributed by atoms with Crippen molar-refractivity contribution in [1.29, 1.82) is 5.26 Å². The number of hydrogen-bond acceptors (Lipinski definition) is 12. The van der Waals surface area contributed by atoms with Crippen LogP contribution in [0.4, 0.5) is 5.69 Å². The van der Waals surface area contributed by atoms with Gasteiger partial charge in [0.15, 0.2) is 0 Å². The number of dihydropyridines is 1. The second-order valence-electron chi connectivity index (χ2n) is 9.50. The third-order valence-corrected chi connectivity index (χ3v) is 6.47. The molecular weight excluding hydrogens is 600 g/mol. The van der Waals surface area contributed by atoms with Crippen molar-refractivity contribution < 1.29 is 44.0 Å². The number of benzene rings is 2. The van der Waals surface area contributed by atoms with E-state index in [9.17, 15) is 40.3 Å². The van der Waals surface area contributed by atoms with Gasteiger partial charge in [-0.15, -0.1) is 12.4 Å². The number of non-ortho nitro benzene ring substituents is 1. The predicted octanol–water partition coefficient (Wildman–Crippen LogP) is 2.91. The van der Waals surface area contributed by atoms with Gasteiger partial charge in [-0.2, -0.15) is 5.26 Å². The Labute approximate surface area is 259 Å². The molecule has 14 nitrogen and oxygen atoms in total. The molecule has 1 aliphatic heterocycles. The molecule has 1 heterocycles. The van der Waals surface area contributed by atoms with Gasteiger partial charge in [0.05, 0.1) is 35.7 Å². The quantitative estimate of drug-likeness (QED) is 0.0827. The van der Waals surface area contributed by atoms with Crippen LogP contribution in [-0.4, -0.2) is 71.7 Å². The summed E-state index contributed by atoms with van der Waals surface area (Å²) in [5.74, 6) is -3.16. The summed E-state index contributed by atoms with van der Waals surface area (Å²) in [7, 11) is 1.08. The Hall–Kier alpha value is -4.84. The van der Waals surface area contributed by atoms with Gasteiger partial charge in [-0.05, 0) is 44.5 Å². The number of carboxylic acid groups (broad SMARTS) is 1. The van der Waals surface area contributed by atoms with Crippen molar-refractivity contribution in [3.05, 3.63) is 80.7 Å². The maximum atomic E-state index is 12.8. The molecule has 44 heavy (non-hydrogen) atoms. The molecule has 0 radical (unpaired) electrons. The van der Waals surface area contributed by atoms with E-state index in [0.717, 1.165) is 13.2 Å². The number of nitrogens with one attached hydrogen (secondary N) is 2. The van der Waals surface area contributed by atoms with Crippen molar-refractivity contribution >= 4 is 30.0 Å². The van der Waals surface area contributed by atoms with Crippen molar-refractivity contribution in [3.8, 4) is 23.3 Å². The minimum Gasteiger partial charge on any atom is -0.508 e. The fraction of sp³-hybridized carbons (Fsp3) is 0.345. The largest absolute Gasteiger partial charge is 0.508 e. The second kappa shape index (κ2) is 16.7. The molecule has 0 saturated carbocycles. The average Bonchev–Trinajstić information content (AvgIpc) is 2.98. The maximum absolute atomic E-state index is 12.8. The van der Waals surface area contributed by atoms with Crippen molar-refractivity contribution in [1.82, 2.24) is 10.6 Å². The third kappa shape index (κ3) is 9.08. The normalized spacial score (nSPS) is 14.9. The molecule has 0 saturated heterocycles. The van der Waals surface area contributed by atoms with E-state index in [0.29, 0.717) is 25.1 Å². The van der Waals surface area contributed by atoms with Crippen molar-refractivity contribution in [3.63, 3.8) is 0 Å². The van der Waals surface area contributed by atoms with Crippen LogP contribution in [0.2, 0.25) is 0 Å². The van der Waals surface area contributed by atoms with Crippen LogP contribution in [0.1, 0.15) is 31.2 Å². The van der Waals surface area contributed by atoms with Crippen LogP contribution in [0.15, 0.2) is 65.0 Å². The monoisotopic (exact) mass is 632 g/mol. The Kier molecular flexibility index (Phi) is 13.4. The van der Waals surface area contributed by atoms with Gasteiger partial charge in [0, 0.05) is 36.0 Å². The Bertz CT molecular complexity index is 1470. The summed E-state index contributed by atoms with van der Waals surface area (Å²) in [5.41, 5.74) is -1.10. The van der Waals surface area contributed by atoms with Gasteiger partial charge in [-0.1, -0.05) is 6.07 Å². The Morgan fingerprint density at radius 3 is 2.57 bits per heavy atom. The van der Waals surface area contributed by atoms with Gasteiger partial charge in [-0.3, -0.25) is 10.1 Å². The first-order valence-electron chi connectivity index (χ1n) is 13.2. The number of aromatic hydroxyl groups is 1. The fourth-order valence-corrected chi connectivity index (χ4v) is 4.47. The van der Waals surface area contributed by atoms with E-state index >= 15 is 0 Å². The number of methoxy groups -OCH3 is 1. The first-order chi connectivity index (χ1) is 20.6. The van der Waals surface area contributed by atoms with Crippen molar-refractivity contribution in [2.45, 2.75) is 31.8 Å². The van der Waals surface area contributed by atoms with Gasteiger partial charge in [0.25, 0.3) is 5.69 Å². The lowest BCUT2D eigenvalue weighted by atomic mass is 9.79. The number of aliphatic carboxylic acids is 1. The molecule has 2 atom stereocenters. The molecule has 2 unspecified atom stereocenters. The topological polar surface area (TPSA) is 214 Å². The summed E-state index contributed by atoms with van der Waals surface area (Å²) < 4.78 is 16.2. The van der Waals surface area contributed by atoms with Crippen LogP contribution >= 0.6 is 12.4 Å². The van der Waals surface area contributed by atoms with Gasteiger partial charge in [-0.25, -0.2) is 9.59 Å². The van der Waals surface area contributed by atoms with E-state index in [1.165, 1.54) is 31.2 Å². The number of ether oxygens (including phenoxy) is 3. The molecule has 5 N–H and O–H groups in total. The number of nitro benzene ring substituents is 1. The highest BCUT2D eigenvalue weighted by Gasteiger charge is 2.40. The zero-order valence-electron chi connectivity index (χ0n) is 23.9. The minimum atomic E-state index is -1.40. The number of nitro groups is 1. The summed E-state index contributed by atoms with van der Waals surface area (Å²) in [6.07, 6.45) is 0.359. The number of unbranched alkanes of at least 4 members (excludes halogenated alkanes) is 1. The SMILES string of the molecule is COC(=O)C1=C(C#N)NC(C)=C(C(=O)O)C1c1cc([N+](=O)[O-])ccc1OCCCCNCC(O)COc1cccc(O)c1.Cl. The summed E-state index contributed by atoms with van der Waals surface area (Å²) >= 11 is 0. The molecule has 1 aliphatic rings. The minimum absolute atomic E-state index is 0. The second-order valence-corrected chi connectivity index (χ2v) is 9.50. The molecule has 0 bridgehead atoms. The van der Waals surface area contributed by atoms with E-state index in [-0.39, 0.29) is 77.5 Å². The highest BCUT2D eigenvalue weighted by Crippen LogP contribution is 2.43. The molecule has 236 valence electrons. The predicted molar refractivity (Wildman–Crippen MR) is 158 cm³/mol. The summed E-state index contributed by atoms with van der Waals surface area (Å²) in [5, 5.41) is 56.5. The number of phenols is 1. The van der Waals surface area contributed by atoms with Gasteiger partial charge >= 0.3 is 11.9 Å². The number of carbonyl (C=O) groups is 2. The Morgan fingerprint density at radius 2 is 1.93 bits per heavy atom. The third-order valence-electron chi connectivity index (χ3n) is 6.47. The van der Waals surface area contributed by atoms with Crippen LogP contribution in [0.25, 0.3) is 0 Å². The number of nitrogens with zero attached hydrogens (tertiary/aromatic N) is 2. The highest BCUT2D eigenvalue weighted by atomic mass is 35.5. The number of aliphatic hydroxyl groups excluding tert-OH is 1. The van der Waals surface area contributed by atoms with Crippen molar-refractivity contribution in [2.24, 2.45) is 0 Å². The van der Waals surface area contributed by atoms with Gasteiger partial charge < -0.3 is 40.2 Å². The van der Waals surface area contributed by atoms with Crippen LogP contribution in [-0.2, 0) is 14.3 Å². The number of hydrogen-bond donors (Lipinski definition) is 5. The lowest BCUT2D eigenvalue weighted by Gasteiger charge is -2.29. The van der Waals surface area contributed by atoms with E-state index in [1.807, 2.05) is 6.07 Å². The number of carboxylic acids is 1. The van der Waals surface area contributed by atoms with Crippen LogP contribution in [0, 0.1) is 21.4 Å². The average molecular weight is 633 g/mol. The molecule has 3 rings (SSSR count). The zero-order chi connectivity index (χ0) is 31.5. The van der Waals surface area contributed by atoms with E-state index < -0.39 is 28.9 Å². The molecule has 0 fully saturated rings. The first kappa shape index (κ1) is 35.4. The molecule has 0 aliphatic carbocycles. The number of rotatable bonds is 15. The lowest BCUT2D eigenvalue weighted by molar-refractivity contribution is -0.384. The number of aliphatic hydroxyl groups is 1. The summed E-state index contributed by atoms with van der Waals surface area (Å²) in [6.45, 7) is 2.38. The zero-order valence-corrected chi connectivity index (χ0v) is 24.8. The summed E-state index contributed by atoms with van der Waals surface area (Å²) in [6, 6.07) is 11.7. The van der Waals surface area contributed by atoms with Crippen molar-refractivity contribution in [2.75, 3.05) is 33.4 Å². The number of allylic oxidation sites excluding steroid dienone is 2. The first-order valence-corrected chi connectivity index (χ1v) is 13.2. The highest BCUT2D eigenvalue weighted by molar-refractivity contribution is 6.00. The fourth-order valence-electron chi connectivity index (χ4n) is 4.47. The van der Waals surface area contributed by atoms with E-state index in [4.69, 9.17) is 14.2 Å². The molecule has 2 aromatic rings. The number of carbonyl (C=O) groups excluding carboxylic acids is 1. The molecule has 0 spiro atoms. The molecule has 15 heteroatoms. The van der Waals surface area contributed by atoms with Gasteiger partial charge in [0.1, 0.15) is 41.7 Å². The van der Waals surface area contributed by atoms with Crippen LogP contribution in [0.3, 0.4) is 0 Å². The smallest absolute Gasteiger partial charge is 0.337 e. The maximum Gasteiger partial charge on any atom is 0.337 e. The number of phenolic OH excluding ortho intramolecular Hbond substituents is 1. The van der Waals surface area contributed by atoms with Gasteiger partial charge in [0.2, 0.25) is 0 Å². The molecular formula is C29H33ClN4O10. The van der Waals surface area contributed by atoms with Crippen LogP contribution in [0.5, 0.6) is 17.2 Å². The molecule has 0 aromatic heterocycles. The lowest BCUT2D eigenvalue weighted by Crippen LogP contribution is -2.32. The molecule has 2 aromatic carbocycles. The van der Waals surface area contributed by atoms with E-state index in [2.05, 4.69) is 10.6 Å². The number of nitriles is 1. The summed E-state index contributed by atoms with van der Waals surface area (Å²) in [4.78, 5) is 36.0. The van der Waals surface area contributed by atoms with Crippen LogP contribution < -0.4 is 20.1 Å². The Balaban J connectivity index is 0.00000675. The van der Waals surface area contributed by atoms with E-state index in [1.54, 1.807) is 12.1 Å². The Morgan fingerprint density at radius 1 is 1.18 bits per heavy atom. The number of halogens is 1.